The van der Waals surface area contributed by atoms with E-state index in [2.05, 4.69) is 31.2 Å². The molecule has 1 heterocycles. The molecule has 0 saturated heterocycles. The van der Waals surface area contributed by atoms with Gasteiger partial charge in [-0.3, -0.25) is 4.79 Å². The summed E-state index contributed by atoms with van der Waals surface area (Å²) in [6, 6.07) is 6.15. The van der Waals surface area contributed by atoms with E-state index in [9.17, 15) is 9.90 Å². The molecule has 0 unspecified atom stereocenters. The van der Waals surface area contributed by atoms with Gasteiger partial charge in [-0.15, -0.1) is 6.42 Å². The van der Waals surface area contributed by atoms with E-state index in [1.807, 2.05) is 26.0 Å². The maximum Gasteiger partial charge on any atom is 0.205 e. The molecule has 0 saturated carbocycles. The number of hydrogen-bond acceptors (Lipinski definition) is 7. The molecule has 0 aliphatic carbocycles. The van der Waals surface area contributed by atoms with E-state index >= 15 is 0 Å². The molecule has 1 N–H and O–H groups in total. The van der Waals surface area contributed by atoms with Crippen molar-refractivity contribution in [3.8, 4) is 35.3 Å². The molecule has 0 bridgehead atoms. The largest absolute Gasteiger partial charge is 0.507 e. The molecule has 3 aromatic rings. The van der Waals surface area contributed by atoms with E-state index in [4.69, 9.17) is 25.1 Å². The van der Waals surface area contributed by atoms with Gasteiger partial charge in [-0.2, -0.15) is 0 Å². The number of hydrogen-bond donors (Lipinski definition) is 1. The zero-order chi connectivity index (χ0) is 28.1. The fourth-order valence-electron chi connectivity index (χ4n) is 3.78. The molecular weight excluding hydrogens is 482 g/mol. The van der Waals surface area contributed by atoms with Crippen LogP contribution in [0.25, 0.3) is 21.9 Å². The summed E-state index contributed by atoms with van der Waals surface area (Å²) in [6.45, 7) is 18.2. The van der Waals surface area contributed by atoms with Crippen molar-refractivity contribution in [2.45, 2.75) is 52.7 Å². The SMILES string of the molecule is C#CC(C)(C)Oc1cc(O)c2c(=O)c3ccc(OC(C)(C)C=C)c(OC/C=C/CN(CC)CC)c3oc2c1. The minimum absolute atomic E-state index is 0.0357. The quantitative estimate of drug-likeness (QED) is 0.177. The average molecular weight is 520 g/mol. The van der Waals surface area contributed by atoms with Crippen LogP contribution in [-0.4, -0.2) is 47.4 Å². The summed E-state index contributed by atoms with van der Waals surface area (Å²) in [5.41, 5.74) is -1.71. The number of nitrogens with zero attached hydrogens (tertiary/aromatic N) is 1. The monoisotopic (exact) mass is 519 g/mol. The van der Waals surface area contributed by atoms with Crippen LogP contribution in [0.15, 0.2) is 58.3 Å². The first-order valence-electron chi connectivity index (χ1n) is 12.7. The zero-order valence-electron chi connectivity index (χ0n) is 23.1. The number of phenolic OH excluding ortho intramolecular Hbond substituents is 1. The van der Waals surface area contributed by atoms with Crippen LogP contribution in [-0.2, 0) is 0 Å². The Balaban J connectivity index is 2.15. The van der Waals surface area contributed by atoms with Gasteiger partial charge in [-0.1, -0.05) is 38.5 Å². The Morgan fingerprint density at radius 1 is 1.13 bits per heavy atom. The van der Waals surface area contributed by atoms with Crippen LogP contribution in [0, 0.1) is 12.3 Å². The van der Waals surface area contributed by atoms with Gasteiger partial charge in [0, 0.05) is 18.7 Å². The molecule has 0 fully saturated rings. The summed E-state index contributed by atoms with van der Waals surface area (Å²) in [6.07, 6.45) is 11.2. The van der Waals surface area contributed by atoms with Gasteiger partial charge in [-0.05, 0) is 59.0 Å². The summed E-state index contributed by atoms with van der Waals surface area (Å²) in [5, 5.41) is 11.0. The third kappa shape index (κ3) is 6.51. The molecule has 3 rings (SSSR count). The maximum atomic E-state index is 13.5. The van der Waals surface area contributed by atoms with Gasteiger partial charge in [-0.25, -0.2) is 0 Å². The Hall–Kier alpha value is -3.89. The molecule has 0 aliphatic rings. The van der Waals surface area contributed by atoms with Gasteiger partial charge in [0.05, 0.1) is 5.39 Å². The Labute approximate surface area is 224 Å². The predicted octanol–water partition coefficient (Wildman–Crippen LogP) is 6.06. The van der Waals surface area contributed by atoms with Gasteiger partial charge in [0.25, 0.3) is 0 Å². The molecule has 0 amide bonds. The van der Waals surface area contributed by atoms with E-state index in [-0.39, 0.29) is 45.8 Å². The lowest BCUT2D eigenvalue weighted by atomic mass is 10.1. The Morgan fingerprint density at radius 3 is 2.47 bits per heavy atom. The lowest BCUT2D eigenvalue weighted by molar-refractivity contribution is 0.154. The Morgan fingerprint density at radius 2 is 1.84 bits per heavy atom. The molecule has 202 valence electrons. The molecule has 2 aromatic carbocycles. The van der Waals surface area contributed by atoms with Crippen molar-refractivity contribution in [2.24, 2.45) is 0 Å². The van der Waals surface area contributed by atoms with Gasteiger partial charge >= 0.3 is 0 Å². The molecule has 7 nitrogen and oxygen atoms in total. The lowest BCUT2D eigenvalue weighted by Gasteiger charge is -2.24. The summed E-state index contributed by atoms with van der Waals surface area (Å²) in [4.78, 5) is 15.7. The molecule has 0 atom stereocenters. The molecular formula is C31H37NO6. The van der Waals surface area contributed by atoms with E-state index < -0.39 is 16.6 Å². The maximum absolute atomic E-state index is 13.5. The van der Waals surface area contributed by atoms with Crippen molar-refractivity contribution in [1.29, 1.82) is 0 Å². The van der Waals surface area contributed by atoms with Crippen LogP contribution < -0.4 is 19.6 Å². The lowest BCUT2D eigenvalue weighted by Crippen LogP contribution is -2.25. The topological polar surface area (TPSA) is 81.4 Å². The van der Waals surface area contributed by atoms with Crippen molar-refractivity contribution >= 4 is 21.9 Å². The first-order valence-corrected chi connectivity index (χ1v) is 12.7. The van der Waals surface area contributed by atoms with Gasteiger partial charge < -0.3 is 28.6 Å². The second-order valence-corrected chi connectivity index (χ2v) is 9.95. The van der Waals surface area contributed by atoms with Crippen LogP contribution in [0.2, 0.25) is 0 Å². The molecule has 0 spiro atoms. The zero-order valence-corrected chi connectivity index (χ0v) is 23.1. The normalized spacial score (nSPS) is 12.3. The van der Waals surface area contributed by atoms with Gasteiger partial charge in [0.1, 0.15) is 34.7 Å². The number of benzene rings is 2. The minimum Gasteiger partial charge on any atom is -0.507 e. The van der Waals surface area contributed by atoms with E-state index in [0.29, 0.717) is 5.75 Å². The number of phenols is 1. The summed E-state index contributed by atoms with van der Waals surface area (Å²) in [5.74, 6) is 3.21. The average Bonchev–Trinajstić information content (AvgIpc) is 2.86. The van der Waals surface area contributed by atoms with E-state index in [1.54, 1.807) is 32.1 Å². The van der Waals surface area contributed by atoms with Crippen molar-refractivity contribution < 1.29 is 23.7 Å². The summed E-state index contributed by atoms with van der Waals surface area (Å²) < 4.78 is 24.3. The number of fused-ring (bicyclic) bond motifs is 2. The number of ether oxygens (including phenoxy) is 3. The third-order valence-electron chi connectivity index (χ3n) is 6.15. The molecule has 7 heteroatoms. The molecule has 38 heavy (non-hydrogen) atoms. The van der Waals surface area contributed by atoms with Crippen molar-refractivity contribution in [2.75, 3.05) is 26.2 Å². The van der Waals surface area contributed by atoms with Gasteiger partial charge in [0.15, 0.2) is 16.9 Å². The fraction of sp³-hybridized carbons (Fsp3) is 0.387. The highest BCUT2D eigenvalue weighted by Gasteiger charge is 2.24. The number of terminal acetylenes is 1. The highest BCUT2D eigenvalue weighted by Crippen LogP contribution is 2.40. The molecule has 0 aliphatic heterocycles. The number of rotatable bonds is 12. The van der Waals surface area contributed by atoms with Gasteiger partial charge in [0.2, 0.25) is 11.2 Å². The second-order valence-electron chi connectivity index (χ2n) is 9.95. The van der Waals surface area contributed by atoms with Crippen LogP contribution in [0.4, 0.5) is 0 Å². The predicted molar refractivity (Wildman–Crippen MR) is 153 cm³/mol. The Bertz CT molecular complexity index is 1440. The fourth-order valence-corrected chi connectivity index (χ4v) is 3.78. The van der Waals surface area contributed by atoms with Crippen molar-refractivity contribution in [3.05, 3.63) is 59.3 Å². The van der Waals surface area contributed by atoms with Crippen LogP contribution in [0.5, 0.6) is 23.0 Å². The molecule has 0 radical (unpaired) electrons. The van der Waals surface area contributed by atoms with E-state index in [0.717, 1.165) is 19.6 Å². The highest BCUT2D eigenvalue weighted by molar-refractivity contribution is 5.96. The number of aromatic hydroxyl groups is 1. The molecule has 1 aromatic heterocycles. The second kappa shape index (κ2) is 11.7. The smallest absolute Gasteiger partial charge is 0.205 e. The standard InChI is InChI=1S/C31H37NO6/c1-9-30(5,6)37-21-19-23(33)26-25(20-21)36-28-22(27(26)34)15-16-24(38-31(7,8)10-2)29(28)35-18-14-13-17-32(11-3)12-4/h1,10,13-16,19-20,33H,2,11-12,17-18H2,3-8H3/b14-13+. The summed E-state index contributed by atoms with van der Waals surface area (Å²) in [7, 11) is 0. The summed E-state index contributed by atoms with van der Waals surface area (Å²) >= 11 is 0. The first-order chi connectivity index (χ1) is 17.9. The van der Waals surface area contributed by atoms with Crippen molar-refractivity contribution in [1.82, 2.24) is 4.90 Å². The number of likely N-dealkylation sites (N-methyl/N-ethyl adjacent to an activating group) is 1. The third-order valence-corrected chi connectivity index (χ3v) is 6.15. The van der Waals surface area contributed by atoms with Crippen molar-refractivity contribution in [3.63, 3.8) is 0 Å². The van der Waals surface area contributed by atoms with Crippen LogP contribution >= 0.6 is 0 Å². The minimum atomic E-state index is -0.930. The first kappa shape index (κ1) is 28.7. The highest BCUT2D eigenvalue weighted by atomic mass is 16.5. The van der Waals surface area contributed by atoms with Crippen LogP contribution in [0.3, 0.4) is 0 Å². The van der Waals surface area contributed by atoms with E-state index in [1.165, 1.54) is 12.1 Å². The Kier molecular flexibility index (Phi) is 8.80. The van der Waals surface area contributed by atoms with Crippen LogP contribution in [0.1, 0.15) is 41.5 Å².